The maximum absolute atomic E-state index is 5.13. The van der Waals surface area contributed by atoms with E-state index >= 15 is 0 Å². The van der Waals surface area contributed by atoms with E-state index in [9.17, 15) is 0 Å². The monoisotopic (exact) mass is 641 g/mol. The fourth-order valence-electron chi connectivity index (χ4n) is 7.55. The number of hydrogen-bond acceptors (Lipinski definition) is 3. The molecular weight excluding hydrogens is 607 g/mol. The molecule has 0 radical (unpaired) electrons. The molecule has 3 nitrogen and oxygen atoms in total. The van der Waals surface area contributed by atoms with Crippen LogP contribution in [0, 0.1) is 6.92 Å². The van der Waals surface area contributed by atoms with Crippen molar-refractivity contribution in [2.45, 2.75) is 26.2 Å². The van der Waals surface area contributed by atoms with Gasteiger partial charge in [-0.05, 0) is 86.5 Å². The quantitative estimate of drug-likeness (QED) is 0.188. The zero-order valence-corrected chi connectivity index (χ0v) is 28.4. The van der Waals surface area contributed by atoms with Crippen molar-refractivity contribution in [1.29, 1.82) is 0 Å². The average Bonchev–Trinajstić information content (AvgIpc) is 3.41. The van der Waals surface area contributed by atoms with E-state index in [2.05, 4.69) is 142 Å². The topological polar surface area (TPSA) is 38.7 Å². The molecule has 1 aliphatic rings. The van der Waals surface area contributed by atoms with Crippen LogP contribution in [-0.4, -0.2) is 15.0 Å². The Morgan fingerprint density at radius 1 is 0.380 bits per heavy atom. The molecule has 0 fully saturated rings. The number of aryl methyl sites for hydroxylation is 1. The normalized spacial score (nSPS) is 12.9. The number of aromatic nitrogens is 3. The lowest BCUT2D eigenvalue weighted by molar-refractivity contribution is 0.661. The van der Waals surface area contributed by atoms with E-state index in [1.165, 1.54) is 44.2 Å². The first-order valence-electron chi connectivity index (χ1n) is 17.2. The lowest BCUT2D eigenvalue weighted by atomic mass is 9.80. The predicted molar refractivity (Wildman–Crippen MR) is 207 cm³/mol. The minimum Gasteiger partial charge on any atom is -0.208 e. The van der Waals surface area contributed by atoms with Gasteiger partial charge in [0.25, 0.3) is 0 Å². The van der Waals surface area contributed by atoms with Crippen molar-refractivity contribution in [2.24, 2.45) is 0 Å². The third-order valence-electron chi connectivity index (χ3n) is 10.2. The number of hydrogen-bond donors (Lipinski definition) is 0. The van der Waals surface area contributed by atoms with E-state index in [1.807, 2.05) is 36.4 Å². The summed E-state index contributed by atoms with van der Waals surface area (Å²) in [6, 6.07) is 56.1. The van der Waals surface area contributed by atoms with Gasteiger partial charge in [0.1, 0.15) is 0 Å². The van der Waals surface area contributed by atoms with Crippen LogP contribution >= 0.6 is 0 Å². The fraction of sp³-hybridized carbons (Fsp3) is 0.0851. The van der Waals surface area contributed by atoms with Crippen molar-refractivity contribution in [3.05, 3.63) is 174 Å². The second-order valence-corrected chi connectivity index (χ2v) is 13.8. The van der Waals surface area contributed by atoms with Crippen molar-refractivity contribution in [3.63, 3.8) is 0 Å². The molecule has 7 aromatic carbocycles. The zero-order valence-electron chi connectivity index (χ0n) is 28.4. The molecule has 1 aromatic heterocycles. The van der Waals surface area contributed by atoms with Crippen LogP contribution in [0.1, 0.15) is 30.5 Å². The zero-order chi connectivity index (χ0) is 33.8. The number of rotatable bonds is 5. The molecule has 0 saturated heterocycles. The molecule has 1 aliphatic carbocycles. The van der Waals surface area contributed by atoms with Gasteiger partial charge in [0.2, 0.25) is 0 Å². The molecule has 0 aliphatic heterocycles. The Kier molecular flexibility index (Phi) is 7.03. The van der Waals surface area contributed by atoms with E-state index in [0.29, 0.717) is 17.5 Å². The van der Waals surface area contributed by atoms with Gasteiger partial charge in [-0.15, -0.1) is 0 Å². The number of benzene rings is 7. The highest BCUT2D eigenvalue weighted by Crippen LogP contribution is 2.53. The van der Waals surface area contributed by atoms with Gasteiger partial charge in [0.05, 0.1) is 0 Å². The van der Waals surface area contributed by atoms with Gasteiger partial charge in [0, 0.05) is 22.1 Å². The Bertz CT molecular complexity index is 2490. The number of fused-ring (bicyclic) bond motifs is 5. The standard InChI is InChI=1S/C47H35N3/c1-30-22-24-31(25-23-30)34-26-35(40-29-42-43(38-19-11-10-18-37(38)40)39-20-12-13-21-41(39)47(42,2)3)28-36(27-34)46-49-44(32-14-6-4-7-15-32)48-45(50-46)33-16-8-5-9-17-33/h4-29H,1-3H3. The molecule has 50 heavy (non-hydrogen) atoms. The summed E-state index contributed by atoms with van der Waals surface area (Å²) in [6.45, 7) is 6.83. The molecule has 0 saturated carbocycles. The summed E-state index contributed by atoms with van der Waals surface area (Å²) in [5.41, 5.74) is 14.0. The highest BCUT2D eigenvalue weighted by Gasteiger charge is 2.37. The average molecular weight is 642 g/mol. The van der Waals surface area contributed by atoms with Gasteiger partial charge in [-0.1, -0.05) is 153 Å². The van der Waals surface area contributed by atoms with Crippen molar-refractivity contribution in [2.75, 3.05) is 0 Å². The van der Waals surface area contributed by atoms with Crippen LogP contribution in [0.5, 0.6) is 0 Å². The molecule has 0 spiro atoms. The minimum absolute atomic E-state index is 0.133. The van der Waals surface area contributed by atoms with Gasteiger partial charge in [-0.25, -0.2) is 15.0 Å². The van der Waals surface area contributed by atoms with E-state index < -0.39 is 0 Å². The van der Waals surface area contributed by atoms with Crippen LogP contribution in [0.4, 0.5) is 0 Å². The Balaban J connectivity index is 1.32. The van der Waals surface area contributed by atoms with Gasteiger partial charge in [-0.3, -0.25) is 0 Å². The lowest BCUT2D eigenvalue weighted by Crippen LogP contribution is -2.15. The maximum Gasteiger partial charge on any atom is 0.164 e. The SMILES string of the molecule is Cc1ccc(-c2cc(-c3nc(-c4ccccc4)nc(-c4ccccc4)n3)cc(-c3cc4c(c5ccccc35)-c3ccccc3C4(C)C)c2)cc1. The molecule has 8 aromatic rings. The Morgan fingerprint density at radius 2 is 0.900 bits per heavy atom. The fourth-order valence-corrected chi connectivity index (χ4v) is 7.55. The van der Waals surface area contributed by atoms with Gasteiger partial charge < -0.3 is 0 Å². The van der Waals surface area contributed by atoms with Crippen molar-refractivity contribution >= 4 is 10.8 Å². The van der Waals surface area contributed by atoms with Gasteiger partial charge in [-0.2, -0.15) is 0 Å². The summed E-state index contributed by atoms with van der Waals surface area (Å²) < 4.78 is 0. The van der Waals surface area contributed by atoms with Crippen LogP contribution in [0.25, 0.3) is 78.3 Å². The summed E-state index contributed by atoms with van der Waals surface area (Å²) in [5.74, 6) is 1.95. The highest BCUT2D eigenvalue weighted by molar-refractivity contribution is 6.09. The first kappa shape index (κ1) is 29.9. The van der Waals surface area contributed by atoms with E-state index in [4.69, 9.17) is 15.0 Å². The predicted octanol–water partition coefficient (Wildman–Crippen LogP) is 12.0. The van der Waals surface area contributed by atoms with Gasteiger partial charge >= 0.3 is 0 Å². The summed E-state index contributed by atoms with van der Waals surface area (Å²) in [7, 11) is 0. The third-order valence-corrected chi connectivity index (χ3v) is 10.2. The Morgan fingerprint density at radius 3 is 1.56 bits per heavy atom. The first-order chi connectivity index (χ1) is 24.4. The second-order valence-electron chi connectivity index (χ2n) is 13.8. The molecule has 1 heterocycles. The molecule has 9 rings (SSSR count). The molecule has 3 heteroatoms. The largest absolute Gasteiger partial charge is 0.208 e. The molecule has 0 unspecified atom stereocenters. The van der Waals surface area contributed by atoms with Crippen LogP contribution < -0.4 is 0 Å². The summed E-state index contributed by atoms with van der Waals surface area (Å²) >= 11 is 0. The van der Waals surface area contributed by atoms with Crippen molar-refractivity contribution in [3.8, 4) is 67.5 Å². The molecule has 0 bridgehead atoms. The van der Waals surface area contributed by atoms with Crippen LogP contribution in [-0.2, 0) is 5.41 Å². The van der Waals surface area contributed by atoms with E-state index in [-0.39, 0.29) is 5.41 Å². The van der Waals surface area contributed by atoms with E-state index in [0.717, 1.165) is 33.4 Å². The van der Waals surface area contributed by atoms with Crippen LogP contribution in [0.15, 0.2) is 158 Å². The lowest BCUT2D eigenvalue weighted by Gasteiger charge is -2.23. The summed E-state index contributed by atoms with van der Waals surface area (Å²) in [5, 5.41) is 2.51. The Labute approximate surface area is 293 Å². The maximum atomic E-state index is 5.13. The molecule has 238 valence electrons. The van der Waals surface area contributed by atoms with Gasteiger partial charge in [0.15, 0.2) is 17.5 Å². The Hall–Kier alpha value is -6.19. The van der Waals surface area contributed by atoms with Crippen molar-refractivity contribution < 1.29 is 0 Å². The van der Waals surface area contributed by atoms with Crippen LogP contribution in [0.3, 0.4) is 0 Å². The first-order valence-corrected chi connectivity index (χ1v) is 17.2. The summed E-state index contributed by atoms with van der Waals surface area (Å²) in [6.07, 6.45) is 0. The van der Waals surface area contributed by atoms with E-state index in [1.54, 1.807) is 0 Å². The van der Waals surface area contributed by atoms with Crippen molar-refractivity contribution in [1.82, 2.24) is 15.0 Å². The molecular formula is C47H35N3. The molecule has 0 N–H and O–H groups in total. The molecule has 0 amide bonds. The minimum atomic E-state index is -0.133. The molecule has 0 atom stereocenters. The summed E-state index contributed by atoms with van der Waals surface area (Å²) in [4.78, 5) is 15.2. The smallest absolute Gasteiger partial charge is 0.164 e. The highest BCUT2D eigenvalue weighted by atomic mass is 15.0. The second kappa shape index (κ2) is 11.7. The third kappa shape index (κ3) is 5.02. The van der Waals surface area contributed by atoms with Crippen LogP contribution in [0.2, 0.25) is 0 Å². The number of nitrogens with zero attached hydrogens (tertiary/aromatic N) is 3.